The summed E-state index contributed by atoms with van der Waals surface area (Å²) in [5.41, 5.74) is 0.525. The fraction of sp³-hybridized carbons (Fsp3) is 0.692. The number of halogens is 1. The first kappa shape index (κ1) is 12.6. The summed E-state index contributed by atoms with van der Waals surface area (Å²) < 4.78 is 1.08. The van der Waals surface area contributed by atoms with Gasteiger partial charge in [-0.1, -0.05) is 19.8 Å². The summed E-state index contributed by atoms with van der Waals surface area (Å²) in [6.45, 7) is 2.26. The lowest BCUT2D eigenvalue weighted by Crippen LogP contribution is -2.24. The molecule has 0 saturated heterocycles. The molecule has 1 aromatic heterocycles. The van der Waals surface area contributed by atoms with Crippen LogP contribution in [0.4, 0.5) is 0 Å². The second-order valence-corrected chi connectivity index (χ2v) is 6.47. The summed E-state index contributed by atoms with van der Waals surface area (Å²) in [5, 5.41) is 14.9. The molecule has 16 heavy (non-hydrogen) atoms. The first-order chi connectivity index (χ1) is 7.65. The molecule has 1 fully saturated rings. The van der Waals surface area contributed by atoms with Crippen molar-refractivity contribution in [3.63, 3.8) is 0 Å². The number of rotatable bonds is 2. The van der Waals surface area contributed by atoms with Gasteiger partial charge in [0.2, 0.25) is 0 Å². The molecule has 1 aliphatic rings. The molecule has 90 valence electrons. The Labute approximate surface area is 110 Å². The molecule has 0 spiro atoms. The second-order valence-electron chi connectivity index (χ2n) is 4.87. The fourth-order valence-corrected chi connectivity index (χ4v) is 4.44. The third-order valence-corrected chi connectivity index (χ3v) is 5.57. The average molecular weight is 303 g/mol. The van der Waals surface area contributed by atoms with Gasteiger partial charge < -0.3 is 5.11 Å². The van der Waals surface area contributed by atoms with Crippen molar-refractivity contribution < 1.29 is 5.11 Å². The van der Waals surface area contributed by atoms with Crippen LogP contribution in [0.5, 0.6) is 0 Å². The quantitative estimate of drug-likeness (QED) is 0.786. The van der Waals surface area contributed by atoms with Crippen molar-refractivity contribution >= 4 is 27.3 Å². The zero-order valence-electron chi connectivity index (χ0n) is 9.71. The minimum absolute atomic E-state index is 0.581. The van der Waals surface area contributed by atoms with E-state index in [0.717, 1.165) is 41.6 Å². The third kappa shape index (κ3) is 2.52. The first-order valence-electron chi connectivity index (χ1n) is 6.10. The van der Waals surface area contributed by atoms with Crippen molar-refractivity contribution in [2.75, 3.05) is 0 Å². The Morgan fingerprint density at radius 2 is 2.25 bits per heavy atom. The van der Waals surface area contributed by atoms with Gasteiger partial charge in [0, 0.05) is 15.4 Å². The molecule has 1 aliphatic carbocycles. The lowest BCUT2D eigenvalue weighted by atomic mass is 9.88. The van der Waals surface area contributed by atoms with Gasteiger partial charge in [-0.25, -0.2) is 0 Å². The van der Waals surface area contributed by atoms with Gasteiger partial charge in [0.25, 0.3) is 0 Å². The minimum atomic E-state index is -0.581. The third-order valence-electron chi connectivity index (χ3n) is 3.86. The maximum Gasteiger partial charge on any atom is 0.0915 e. The molecule has 0 radical (unpaired) electrons. The van der Waals surface area contributed by atoms with E-state index >= 15 is 0 Å². The lowest BCUT2D eigenvalue weighted by molar-refractivity contribution is 0.0193. The van der Waals surface area contributed by atoms with E-state index in [1.807, 2.05) is 0 Å². The molecule has 0 aliphatic heterocycles. The topological polar surface area (TPSA) is 20.2 Å². The van der Waals surface area contributed by atoms with Crippen LogP contribution in [-0.4, -0.2) is 5.11 Å². The zero-order chi connectivity index (χ0) is 11.6. The van der Waals surface area contributed by atoms with E-state index in [1.54, 1.807) is 11.3 Å². The maximum absolute atomic E-state index is 10.8. The normalized spacial score (nSPS) is 31.3. The Balaban J connectivity index is 2.16. The molecule has 0 aromatic carbocycles. The van der Waals surface area contributed by atoms with Crippen molar-refractivity contribution in [1.82, 2.24) is 0 Å². The Kier molecular flexibility index (Phi) is 4.09. The highest BCUT2D eigenvalue weighted by molar-refractivity contribution is 9.10. The van der Waals surface area contributed by atoms with Gasteiger partial charge in [-0.3, -0.25) is 0 Å². The standard InChI is InChI=1S/C13H19BrOS/c1-2-10-4-3-6-13(15,7-5-10)11-8-16-9-12(11)14/h8-10,15H,2-7H2,1H3. The van der Waals surface area contributed by atoms with E-state index in [-0.39, 0.29) is 0 Å². The predicted octanol–water partition coefficient (Wildman–Crippen LogP) is 4.69. The van der Waals surface area contributed by atoms with Crippen LogP contribution in [0.15, 0.2) is 15.2 Å². The Morgan fingerprint density at radius 3 is 2.88 bits per heavy atom. The summed E-state index contributed by atoms with van der Waals surface area (Å²) in [6, 6.07) is 0. The Bertz CT molecular complexity index is 349. The highest BCUT2D eigenvalue weighted by Gasteiger charge is 2.34. The first-order valence-corrected chi connectivity index (χ1v) is 7.84. The highest BCUT2D eigenvalue weighted by Crippen LogP contribution is 2.42. The van der Waals surface area contributed by atoms with E-state index in [2.05, 4.69) is 33.6 Å². The summed E-state index contributed by atoms with van der Waals surface area (Å²) in [6.07, 6.45) is 6.67. The highest BCUT2D eigenvalue weighted by atomic mass is 79.9. The van der Waals surface area contributed by atoms with Gasteiger partial charge in [-0.05, 0) is 52.9 Å². The molecule has 1 aromatic rings. The van der Waals surface area contributed by atoms with Crippen LogP contribution in [-0.2, 0) is 5.60 Å². The van der Waals surface area contributed by atoms with Crippen LogP contribution in [0.25, 0.3) is 0 Å². The van der Waals surface area contributed by atoms with Crippen LogP contribution >= 0.6 is 27.3 Å². The van der Waals surface area contributed by atoms with Gasteiger partial charge in [0.05, 0.1) is 5.60 Å². The van der Waals surface area contributed by atoms with Crippen LogP contribution < -0.4 is 0 Å². The SMILES string of the molecule is CCC1CCCC(O)(c2cscc2Br)CC1. The average Bonchev–Trinajstić information content (AvgIpc) is 2.60. The number of thiophene rings is 1. The zero-order valence-corrected chi connectivity index (χ0v) is 12.1. The molecular weight excluding hydrogens is 284 g/mol. The maximum atomic E-state index is 10.8. The van der Waals surface area contributed by atoms with E-state index in [9.17, 15) is 5.11 Å². The summed E-state index contributed by atoms with van der Waals surface area (Å²) in [7, 11) is 0. The van der Waals surface area contributed by atoms with E-state index in [4.69, 9.17) is 0 Å². The van der Waals surface area contributed by atoms with Crippen molar-refractivity contribution in [2.45, 2.75) is 51.0 Å². The fourth-order valence-electron chi connectivity index (χ4n) is 2.69. The summed E-state index contributed by atoms with van der Waals surface area (Å²) in [5.74, 6) is 0.812. The predicted molar refractivity (Wildman–Crippen MR) is 72.8 cm³/mol. The smallest absolute Gasteiger partial charge is 0.0915 e. The van der Waals surface area contributed by atoms with Crippen molar-refractivity contribution in [3.8, 4) is 0 Å². The lowest BCUT2D eigenvalue weighted by Gasteiger charge is -2.26. The monoisotopic (exact) mass is 302 g/mol. The molecule has 2 unspecified atom stereocenters. The molecule has 3 heteroatoms. The van der Waals surface area contributed by atoms with Crippen LogP contribution in [0.1, 0.15) is 51.0 Å². The van der Waals surface area contributed by atoms with Gasteiger partial charge in [0.1, 0.15) is 0 Å². The Morgan fingerprint density at radius 1 is 1.44 bits per heavy atom. The molecule has 0 bridgehead atoms. The number of aliphatic hydroxyl groups is 1. The van der Waals surface area contributed by atoms with E-state index < -0.39 is 5.60 Å². The van der Waals surface area contributed by atoms with Gasteiger partial charge in [-0.2, -0.15) is 11.3 Å². The van der Waals surface area contributed by atoms with E-state index in [0.29, 0.717) is 0 Å². The van der Waals surface area contributed by atoms with E-state index in [1.165, 1.54) is 12.8 Å². The molecule has 2 atom stereocenters. The molecule has 2 rings (SSSR count). The summed E-state index contributed by atoms with van der Waals surface area (Å²) in [4.78, 5) is 0. The summed E-state index contributed by atoms with van der Waals surface area (Å²) >= 11 is 5.21. The van der Waals surface area contributed by atoms with Crippen LogP contribution in [0.2, 0.25) is 0 Å². The molecule has 1 heterocycles. The van der Waals surface area contributed by atoms with Crippen LogP contribution in [0.3, 0.4) is 0 Å². The minimum Gasteiger partial charge on any atom is -0.385 e. The largest absolute Gasteiger partial charge is 0.385 e. The molecule has 1 N–H and O–H groups in total. The molecular formula is C13H19BrOS. The van der Waals surface area contributed by atoms with Crippen LogP contribution in [0, 0.1) is 5.92 Å². The molecule has 0 amide bonds. The van der Waals surface area contributed by atoms with Crippen molar-refractivity contribution in [2.24, 2.45) is 5.92 Å². The second kappa shape index (κ2) is 5.19. The number of hydrogen-bond donors (Lipinski definition) is 1. The van der Waals surface area contributed by atoms with Gasteiger partial charge >= 0.3 is 0 Å². The van der Waals surface area contributed by atoms with Gasteiger partial charge in [0.15, 0.2) is 0 Å². The number of hydrogen-bond acceptors (Lipinski definition) is 2. The molecule has 1 nitrogen and oxygen atoms in total. The molecule has 1 saturated carbocycles. The Hall–Kier alpha value is 0.140. The van der Waals surface area contributed by atoms with Gasteiger partial charge in [-0.15, -0.1) is 0 Å². The van der Waals surface area contributed by atoms with Crippen molar-refractivity contribution in [1.29, 1.82) is 0 Å². The van der Waals surface area contributed by atoms with Crippen molar-refractivity contribution in [3.05, 3.63) is 20.8 Å².